The number of nitrogens with one attached hydrogen (secondary N) is 1. The lowest BCUT2D eigenvalue weighted by Crippen LogP contribution is -2.40. The van der Waals surface area contributed by atoms with Crippen LogP contribution in [0.5, 0.6) is 0 Å². The lowest BCUT2D eigenvalue weighted by Gasteiger charge is -2.24. The van der Waals surface area contributed by atoms with Crippen molar-refractivity contribution in [3.63, 3.8) is 0 Å². The Bertz CT molecular complexity index is 546. The Hall–Kier alpha value is -1.11. The summed E-state index contributed by atoms with van der Waals surface area (Å²) in [5.41, 5.74) is 6.78. The molecule has 1 aromatic carbocycles. The average molecular weight is 297 g/mol. The molecule has 0 bridgehead atoms. The number of nitrogens with zero attached hydrogens (tertiary/aromatic N) is 1. The molecule has 0 spiro atoms. The van der Waals surface area contributed by atoms with Gasteiger partial charge in [0, 0.05) is 12.6 Å². The minimum atomic E-state index is -3.55. The molecule has 0 aromatic heterocycles. The van der Waals surface area contributed by atoms with Crippen molar-refractivity contribution in [3.05, 3.63) is 23.8 Å². The molecule has 1 aliphatic rings. The van der Waals surface area contributed by atoms with E-state index in [0.717, 1.165) is 13.1 Å². The SMILES string of the molecule is Cc1cccc(N)c1S(=O)(=O)NCC(C)N1CCCC1. The second-order valence-corrected chi connectivity index (χ2v) is 7.14. The highest BCUT2D eigenvalue weighted by atomic mass is 32.2. The second kappa shape index (κ2) is 6.11. The fourth-order valence-corrected chi connectivity index (χ4v) is 4.13. The van der Waals surface area contributed by atoms with Crippen molar-refractivity contribution in [2.75, 3.05) is 25.4 Å². The largest absolute Gasteiger partial charge is 0.398 e. The number of benzene rings is 1. The van der Waals surface area contributed by atoms with Crippen LogP contribution in [0.2, 0.25) is 0 Å². The van der Waals surface area contributed by atoms with Crippen LogP contribution >= 0.6 is 0 Å². The van der Waals surface area contributed by atoms with Crippen LogP contribution < -0.4 is 10.5 Å². The van der Waals surface area contributed by atoms with Crippen LogP contribution in [-0.2, 0) is 10.0 Å². The summed E-state index contributed by atoms with van der Waals surface area (Å²) in [5, 5.41) is 0. The van der Waals surface area contributed by atoms with E-state index in [0.29, 0.717) is 17.8 Å². The van der Waals surface area contributed by atoms with Gasteiger partial charge in [-0.25, -0.2) is 13.1 Å². The highest BCUT2D eigenvalue weighted by Crippen LogP contribution is 2.22. The highest BCUT2D eigenvalue weighted by molar-refractivity contribution is 7.89. The standard InChI is InChI=1S/C14H23N3O2S/c1-11-6-5-7-13(15)14(11)20(18,19)16-10-12(2)17-8-3-4-9-17/h5-7,12,16H,3-4,8-10,15H2,1-2H3. The molecule has 2 rings (SSSR count). The van der Waals surface area contributed by atoms with Gasteiger partial charge in [-0.2, -0.15) is 0 Å². The summed E-state index contributed by atoms with van der Waals surface area (Å²) in [7, 11) is -3.55. The van der Waals surface area contributed by atoms with Crippen LogP contribution in [0.15, 0.2) is 23.1 Å². The van der Waals surface area contributed by atoms with Gasteiger partial charge in [0.25, 0.3) is 0 Å². The van der Waals surface area contributed by atoms with Crippen molar-refractivity contribution in [3.8, 4) is 0 Å². The monoisotopic (exact) mass is 297 g/mol. The lowest BCUT2D eigenvalue weighted by molar-refractivity contribution is 0.260. The zero-order valence-corrected chi connectivity index (χ0v) is 12.9. The number of likely N-dealkylation sites (tertiary alicyclic amines) is 1. The molecule has 0 amide bonds. The Morgan fingerprint density at radius 2 is 2.00 bits per heavy atom. The summed E-state index contributed by atoms with van der Waals surface area (Å²) in [6, 6.07) is 5.34. The van der Waals surface area contributed by atoms with Crippen molar-refractivity contribution in [2.24, 2.45) is 0 Å². The number of nitrogen functional groups attached to an aromatic ring is 1. The van der Waals surface area contributed by atoms with Crippen LogP contribution in [0.25, 0.3) is 0 Å². The molecule has 1 fully saturated rings. The molecule has 0 radical (unpaired) electrons. The third kappa shape index (κ3) is 3.31. The summed E-state index contributed by atoms with van der Waals surface area (Å²) in [4.78, 5) is 2.51. The molecule has 3 N–H and O–H groups in total. The van der Waals surface area contributed by atoms with Gasteiger partial charge in [0.2, 0.25) is 10.0 Å². The Kier molecular flexibility index (Phi) is 4.67. The van der Waals surface area contributed by atoms with E-state index in [-0.39, 0.29) is 10.9 Å². The van der Waals surface area contributed by atoms with E-state index in [1.54, 1.807) is 25.1 Å². The van der Waals surface area contributed by atoms with Gasteiger partial charge < -0.3 is 5.73 Å². The quantitative estimate of drug-likeness (QED) is 0.804. The molecule has 0 saturated carbocycles. The van der Waals surface area contributed by atoms with Crippen LogP contribution in [0.1, 0.15) is 25.3 Å². The number of nitrogens with two attached hydrogens (primary N) is 1. The van der Waals surface area contributed by atoms with Crippen LogP contribution in [-0.4, -0.2) is 39.0 Å². The predicted molar refractivity (Wildman–Crippen MR) is 81.0 cm³/mol. The molecule has 1 aromatic rings. The van der Waals surface area contributed by atoms with E-state index < -0.39 is 10.0 Å². The summed E-state index contributed by atoms with van der Waals surface area (Å²) >= 11 is 0. The molecule has 1 atom stereocenters. The first-order valence-corrected chi connectivity index (χ1v) is 8.49. The van der Waals surface area contributed by atoms with Crippen LogP contribution in [0.3, 0.4) is 0 Å². The maximum absolute atomic E-state index is 12.4. The average Bonchev–Trinajstić information content (AvgIpc) is 2.89. The van der Waals surface area contributed by atoms with Crippen LogP contribution in [0, 0.1) is 6.92 Å². The third-order valence-electron chi connectivity index (χ3n) is 3.84. The number of hydrogen-bond acceptors (Lipinski definition) is 4. The zero-order chi connectivity index (χ0) is 14.8. The molecule has 5 nitrogen and oxygen atoms in total. The van der Waals surface area contributed by atoms with Gasteiger partial charge in [0.05, 0.1) is 5.69 Å². The van der Waals surface area contributed by atoms with E-state index >= 15 is 0 Å². The van der Waals surface area contributed by atoms with E-state index in [1.807, 2.05) is 0 Å². The Morgan fingerprint density at radius 3 is 2.60 bits per heavy atom. The highest BCUT2D eigenvalue weighted by Gasteiger charge is 2.23. The van der Waals surface area contributed by atoms with Gasteiger partial charge in [-0.15, -0.1) is 0 Å². The van der Waals surface area contributed by atoms with Crippen molar-refractivity contribution in [2.45, 2.75) is 37.6 Å². The number of anilines is 1. The topological polar surface area (TPSA) is 75.4 Å². The van der Waals surface area contributed by atoms with Gasteiger partial charge in [-0.1, -0.05) is 12.1 Å². The van der Waals surface area contributed by atoms with Gasteiger partial charge >= 0.3 is 0 Å². The van der Waals surface area contributed by atoms with Crippen molar-refractivity contribution >= 4 is 15.7 Å². The number of rotatable bonds is 5. The summed E-state index contributed by atoms with van der Waals surface area (Å²) in [6.07, 6.45) is 2.39. The van der Waals surface area contributed by atoms with Gasteiger partial charge in [0.15, 0.2) is 0 Å². The van der Waals surface area contributed by atoms with E-state index in [2.05, 4.69) is 16.5 Å². The summed E-state index contributed by atoms with van der Waals surface area (Å²) in [5.74, 6) is 0. The fourth-order valence-electron chi connectivity index (χ4n) is 2.66. The number of aryl methyl sites for hydroxylation is 1. The maximum atomic E-state index is 12.4. The smallest absolute Gasteiger partial charge is 0.242 e. The Balaban J connectivity index is 2.07. The fraction of sp³-hybridized carbons (Fsp3) is 0.571. The number of hydrogen-bond donors (Lipinski definition) is 2. The first-order valence-electron chi connectivity index (χ1n) is 7.00. The van der Waals surface area contributed by atoms with Crippen molar-refractivity contribution < 1.29 is 8.42 Å². The molecule has 20 heavy (non-hydrogen) atoms. The number of sulfonamides is 1. The first-order chi connectivity index (χ1) is 9.42. The molecule has 1 saturated heterocycles. The Morgan fingerprint density at radius 1 is 1.35 bits per heavy atom. The minimum absolute atomic E-state index is 0.202. The first kappa shape index (κ1) is 15.3. The lowest BCUT2D eigenvalue weighted by atomic mass is 10.2. The zero-order valence-electron chi connectivity index (χ0n) is 12.1. The van der Waals surface area contributed by atoms with Crippen LogP contribution in [0.4, 0.5) is 5.69 Å². The molecule has 1 aliphatic heterocycles. The molecule has 112 valence electrons. The molecule has 1 heterocycles. The van der Waals surface area contributed by atoms with Gasteiger partial charge in [-0.3, -0.25) is 4.90 Å². The third-order valence-corrected chi connectivity index (χ3v) is 5.49. The van der Waals surface area contributed by atoms with E-state index in [1.165, 1.54) is 12.8 Å². The molecule has 1 unspecified atom stereocenters. The van der Waals surface area contributed by atoms with Gasteiger partial charge in [-0.05, 0) is 51.4 Å². The Labute approximate surface area is 121 Å². The molecule has 0 aliphatic carbocycles. The van der Waals surface area contributed by atoms with Gasteiger partial charge in [0.1, 0.15) is 4.90 Å². The second-order valence-electron chi connectivity index (χ2n) is 5.44. The molecule has 6 heteroatoms. The predicted octanol–water partition coefficient (Wildman–Crippen LogP) is 1.34. The summed E-state index contributed by atoms with van der Waals surface area (Å²) < 4.78 is 27.5. The normalized spacial score (nSPS) is 18.3. The van der Waals surface area contributed by atoms with E-state index in [4.69, 9.17) is 5.73 Å². The molecular weight excluding hydrogens is 274 g/mol. The maximum Gasteiger partial charge on any atom is 0.242 e. The van der Waals surface area contributed by atoms with Crippen molar-refractivity contribution in [1.29, 1.82) is 0 Å². The van der Waals surface area contributed by atoms with Crippen molar-refractivity contribution in [1.82, 2.24) is 9.62 Å². The summed E-state index contributed by atoms with van der Waals surface area (Å²) in [6.45, 7) is 6.32. The van der Waals surface area contributed by atoms with E-state index in [9.17, 15) is 8.42 Å². The minimum Gasteiger partial charge on any atom is -0.398 e. The molecular formula is C14H23N3O2S.